The molecule has 2 amide bonds. The first-order valence-corrected chi connectivity index (χ1v) is 19.6. The zero-order valence-corrected chi connectivity index (χ0v) is 34.4. The molecular formula is C40H62N4O10S. The minimum atomic E-state index is -1.04. The number of aromatic nitrogens is 1. The smallest absolute Gasteiger partial charge is 0.329 e. The van der Waals surface area contributed by atoms with Crippen molar-refractivity contribution in [2.24, 2.45) is 10.8 Å². The molecule has 0 fully saturated rings. The number of amides is 2. The summed E-state index contributed by atoms with van der Waals surface area (Å²) in [5.41, 5.74) is 0.728. The fourth-order valence-corrected chi connectivity index (χ4v) is 6.16. The quantitative estimate of drug-likeness (QED) is 0.0469. The average Bonchev–Trinajstić information content (AvgIpc) is 3.10. The second-order valence-electron chi connectivity index (χ2n) is 15.5. The maximum Gasteiger partial charge on any atom is 0.329 e. The van der Waals surface area contributed by atoms with Gasteiger partial charge in [-0.1, -0.05) is 32.4 Å². The first-order valence-electron chi connectivity index (χ1n) is 18.7. The largest absolute Gasteiger partial charge is 0.480 e. The van der Waals surface area contributed by atoms with Gasteiger partial charge in [-0.25, -0.2) is 9.78 Å². The van der Waals surface area contributed by atoms with E-state index >= 15 is 0 Å². The molecule has 0 bridgehead atoms. The number of anilines is 1. The molecular weight excluding hydrogens is 729 g/mol. The molecule has 0 saturated heterocycles. The van der Waals surface area contributed by atoms with Gasteiger partial charge >= 0.3 is 11.9 Å². The highest BCUT2D eigenvalue weighted by atomic mass is 32.2. The van der Waals surface area contributed by atoms with Crippen LogP contribution in [0.15, 0.2) is 47.5 Å². The lowest BCUT2D eigenvalue weighted by atomic mass is 9.72. The van der Waals surface area contributed by atoms with E-state index in [0.717, 1.165) is 37.0 Å². The van der Waals surface area contributed by atoms with Crippen molar-refractivity contribution in [2.45, 2.75) is 91.1 Å². The molecule has 2 rings (SSSR count). The van der Waals surface area contributed by atoms with Crippen LogP contribution in [0.1, 0.15) is 90.1 Å². The Balaban J connectivity index is 1.54. The van der Waals surface area contributed by atoms with Crippen LogP contribution in [0.25, 0.3) is 0 Å². The van der Waals surface area contributed by atoms with Crippen molar-refractivity contribution in [1.82, 2.24) is 15.6 Å². The molecule has 55 heavy (non-hydrogen) atoms. The Labute approximate surface area is 330 Å². The summed E-state index contributed by atoms with van der Waals surface area (Å²) >= 11 is 1.45. The van der Waals surface area contributed by atoms with Gasteiger partial charge in [0.25, 0.3) is 5.91 Å². The summed E-state index contributed by atoms with van der Waals surface area (Å²) in [4.78, 5) is 52.7. The molecule has 0 aliphatic heterocycles. The number of unbranched alkanes of at least 4 members (excludes halogenated alkanes) is 1. The molecule has 0 unspecified atom stereocenters. The molecule has 4 N–H and O–H groups in total. The molecule has 15 heteroatoms. The monoisotopic (exact) mass is 790 g/mol. The van der Waals surface area contributed by atoms with E-state index in [1.54, 1.807) is 12.1 Å². The topological polar surface area (TPSA) is 184 Å². The number of benzene rings is 1. The van der Waals surface area contributed by atoms with E-state index < -0.39 is 17.0 Å². The van der Waals surface area contributed by atoms with Gasteiger partial charge in [0.05, 0.1) is 50.6 Å². The lowest BCUT2D eigenvalue weighted by Gasteiger charge is -2.35. The summed E-state index contributed by atoms with van der Waals surface area (Å²) in [6.45, 7) is 15.7. The maximum absolute atomic E-state index is 12.7. The molecule has 0 aliphatic carbocycles. The van der Waals surface area contributed by atoms with Gasteiger partial charge < -0.3 is 44.1 Å². The van der Waals surface area contributed by atoms with Crippen molar-refractivity contribution in [3.05, 3.63) is 53.7 Å². The number of aryl methyl sites for hydroxylation is 1. The van der Waals surface area contributed by atoms with Gasteiger partial charge in [-0.05, 0) is 107 Å². The molecule has 0 spiro atoms. The fourth-order valence-electron chi connectivity index (χ4n) is 5.55. The second-order valence-corrected chi connectivity index (χ2v) is 16.4. The van der Waals surface area contributed by atoms with Crippen molar-refractivity contribution < 1.29 is 48.0 Å². The Morgan fingerprint density at radius 3 is 1.96 bits per heavy atom. The maximum atomic E-state index is 12.7. The predicted molar refractivity (Wildman–Crippen MR) is 212 cm³/mol. The standard InChI is InChI=1S/C40H62N4O10S/c1-38(2,3)54-37(49)40(6,7)29-39(4,5)17-9-8-10-30-11-14-32(15-12-30)55-44-33-16-13-31(26-43-33)36(48)42-19-21-51-22-24-52-27-34(45)41-18-20-50-23-25-53-28-35(46)47/h11-16,26H,8-10,17-25,27-29H2,1-7H3,(H,41,45)(H,42,48)(H,43,44)(H,46,47). The summed E-state index contributed by atoms with van der Waals surface area (Å²) in [6.07, 6.45) is 6.49. The summed E-state index contributed by atoms with van der Waals surface area (Å²) in [5.74, 6) is -1.10. The van der Waals surface area contributed by atoms with E-state index in [2.05, 4.69) is 58.5 Å². The van der Waals surface area contributed by atoms with Gasteiger partial charge in [-0.15, -0.1) is 0 Å². The molecule has 1 aromatic carbocycles. The number of hydrogen-bond donors (Lipinski definition) is 4. The molecule has 14 nitrogen and oxygen atoms in total. The number of carbonyl (C=O) groups is 4. The Bertz CT molecular complexity index is 1450. The molecule has 1 heterocycles. The first kappa shape index (κ1) is 47.4. The van der Waals surface area contributed by atoms with Crippen molar-refractivity contribution >= 4 is 41.5 Å². The molecule has 2 aromatic rings. The second kappa shape index (κ2) is 24.7. The van der Waals surface area contributed by atoms with E-state index in [1.165, 1.54) is 23.7 Å². The number of carbonyl (C=O) groups excluding carboxylic acids is 3. The van der Waals surface area contributed by atoms with Gasteiger partial charge in [0.15, 0.2) is 0 Å². The van der Waals surface area contributed by atoms with Crippen molar-refractivity contribution in [2.75, 3.05) is 70.7 Å². The molecule has 308 valence electrons. The lowest BCUT2D eigenvalue weighted by Crippen LogP contribution is -2.36. The minimum Gasteiger partial charge on any atom is -0.480 e. The van der Waals surface area contributed by atoms with Crippen molar-refractivity contribution in [3.63, 3.8) is 0 Å². The molecule has 1 aromatic heterocycles. The molecule has 0 saturated carbocycles. The van der Waals surface area contributed by atoms with Crippen LogP contribution in [0.2, 0.25) is 0 Å². The van der Waals surface area contributed by atoms with Crippen LogP contribution in [0.3, 0.4) is 0 Å². The number of carboxylic acid groups (broad SMARTS) is 1. The van der Waals surface area contributed by atoms with Crippen LogP contribution in [0.5, 0.6) is 0 Å². The summed E-state index contributed by atoms with van der Waals surface area (Å²) in [6, 6.07) is 11.9. The number of pyridine rings is 1. The Morgan fingerprint density at radius 1 is 0.745 bits per heavy atom. The highest BCUT2D eigenvalue weighted by Gasteiger charge is 2.37. The summed E-state index contributed by atoms with van der Waals surface area (Å²) < 4.78 is 29.7. The average molecular weight is 791 g/mol. The van der Waals surface area contributed by atoms with Crippen LogP contribution in [-0.2, 0) is 44.5 Å². The number of esters is 1. The lowest BCUT2D eigenvalue weighted by molar-refractivity contribution is -0.167. The van der Waals surface area contributed by atoms with E-state index in [-0.39, 0.29) is 76.1 Å². The number of hydrogen-bond acceptors (Lipinski definition) is 12. The zero-order chi connectivity index (χ0) is 40.7. The van der Waals surface area contributed by atoms with Gasteiger partial charge in [0, 0.05) is 24.2 Å². The van der Waals surface area contributed by atoms with Gasteiger partial charge in [0.2, 0.25) is 5.91 Å². The number of rotatable bonds is 28. The Morgan fingerprint density at radius 2 is 1.36 bits per heavy atom. The minimum absolute atomic E-state index is 0.0318. The van der Waals surface area contributed by atoms with Crippen LogP contribution in [-0.4, -0.2) is 105 Å². The third-order valence-electron chi connectivity index (χ3n) is 7.97. The van der Waals surface area contributed by atoms with Crippen LogP contribution >= 0.6 is 11.9 Å². The van der Waals surface area contributed by atoms with E-state index in [4.69, 9.17) is 28.8 Å². The van der Waals surface area contributed by atoms with Crippen molar-refractivity contribution in [1.29, 1.82) is 0 Å². The fraction of sp³-hybridized carbons (Fsp3) is 0.625. The third kappa shape index (κ3) is 22.4. The summed E-state index contributed by atoms with van der Waals surface area (Å²) in [5, 5.41) is 13.9. The number of nitrogens with one attached hydrogen (secondary N) is 3. The number of aliphatic carboxylic acids is 1. The van der Waals surface area contributed by atoms with E-state index in [0.29, 0.717) is 24.5 Å². The van der Waals surface area contributed by atoms with E-state index in [9.17, 15) is 19.2 Å². The van der Waals surface area contributed by atoms with Crippen LogP contribution in [0.4, 0.5) is 5.82 Å². The number of carboxylic acids is 1. The van der Waals surface area contributed by atoms with E-state index in [1.807, 2.05) is 34.6 Å². The van der Waals surface area contributed by atoms with Crippen LogP contribution in [0, 0.1) is 10.8 Å². The Hall–Kier alpha value is -3.76. The van der Waals surface area contributed by atoms with Crippen molar-refractivity contribution in [3.8, 4) is 0 Å². The molecule has 0 atom stereocenters. The SMILES string of the molecule is CC(C)(CCCCc1ccc(SNc2ccc(C(=O)NCCOCCOCC(=O)NCCOCCOCC(=O)O)cn2)cc1)CC(C)(C)C(=O)OC(C)(C)C. The number of ether oxygens (including phenoxy) is 5. The van der Waals surface area contributed by atoms with Gasteiger partial charge in [-0.3, -0.25) is 14.4 Å². The highest BCUT2D eigenvalue weighted by Crippen LogP contribution is 2.39. The molecule has 0 aliphatic rings. The predicted octanol–water partition coefficient (Wildman–Crippen LogP) is 5.69. The summed E-state index contributed by atoms with van der Waals surface area (Å²) in [7, 11) is 0. The van der Waals surface area contributed by atoms with Gasteiger partial charge in [-0.2, -0.15) is 0 Å². The number of nitrogens with zero attached hydrogens (tertiary/aromatic N) is 1. The Kier molecular flexibility index (Phi) is 21.3. The zero-order valence-electron chi connectivity index (χ0n) is 33.6. The van der Waals surface area contributed by atoms with Crippen LogP contribution < -0.4 is 15.4 Å². The van der Waals surface area contributed by atoms with Gasteiger partial charge in [0.1, 0.15) is 24.6 Å². The highest BCUT2D eigenvalue weighted by molar-refractivity contribution is 8.00. The third-order valence-corrected chi connectivity index (χ3v) is 8.79. The molecule has 0 radical (unpaired) electrons. The first-order chi connectivity index (χ1) is 26.0. The normalized spacial score (nSPS) is 11.9.